The minimum atomic E-state index is -0.207. The van der Waals surface area contributed by atoms with Gasteiger partial charge in [0.05, 0.1) is 5.75 Å². The van der Waals surface area contributed by atoms with Gasteiger partial charge in [-0.1, -0.05) is 42.5 Å². The lowest BCUT2D eigenvalue weighted by Crippen LogP contribution is -2.27. The number of thioether (sulfide) groups is 1. The minimum Gasteiger partial charge on any atom is -0.454 e. The molecular weight excluding hydrogens is 412 g/mol. The highest BCUT2D eigenvalue weighted by Gasteiger charge is 2.32. The summed E-state index contributed by atoms with van der Waals surface area (Å²) in [5.74, 6) is 1.68. The molecule has 7 heteroatoms. The van der Waals surface area contributed by atoms with Crippen molar-refractivity contribution in [2.24, 2.45) is 0 Å². The topological polar surface area (TPSA) is 67.9 Å². The quantitative estimate of drug-likeness (QED) is 0.646. The number of fused-ring (bicyclic) bond motifs is 1. The first-order valence-electron chi connectivity index (χ1n) is 9.93. The number of rotatable bonds is 5. The summed E-state index contributed by atoms with van der Waals surface area (Å²) < 4.78 is 10.6. The van der Waals surface area contributed by atoms with Crippen molar-refractivity contribution in [2.75, 3.05) is 17.9 Å². The first-order chi connectivity index (χ1) is 15.2. The van der Waals surface area contributed by atoms with E-state index in [2.05, 4.69) is 5.32 Å². The number of nitrogens with zero attached hydrogens (tertiary/aromatic N) is 1. The van der Waals surface area contributed by atoms with Crippen LogP contribution >= 0.6 is 11.8 Å². The molecule has 2 aliphatic rings. The fourth-order valence-corrected chi connectivity index (χ4v) is 4.85. The van der Waals surface area contributed by atoms with Gasteiger partial charge in [-0.05, 0) is 35.4 Å². The van der Waals surface area contributed by atoms with Crippen LogP contribution in [-0.4, -0.2) is 29.3 Å². The van der Waals surface area contributed by atoms with Crippen LogP contribution in [-0.2, 0) is 11.3 Å². The normalized spacial score (nSPS) is 17.1. The van der Waals surface area contributed by atoms with Crippen LogP contribution in [0.25, 0.3) is 0 Å². The number of ether oxygens (including phenoxy) is 2. The molecule has 2 aliphatic heterocycles. The van der Waals surface area contributed by atoms with Crippen molar-refractivity contribution in [3.8, 4) is 11.5 Å². The Morgan fingerprint density at radius 2 is 1.77 bits per heavy atom. The van der Waals surface area contributed by atoms with E-state index >= 15 is 0 Å². The maximum absolute atomic E-state index is 12.7. The van der Waals surface area contributed by atoms with Crippen LogP contribution in [0, 0.1) is 0 Å². The molecule has 0 bridgehead atoms. The van der Waals surface area contributed by atoms with Gasteiger partial charge in [0.1, 0.15) is 5.37 Å². The molecular formula is C24H20N2O4S. The van der Waals surface area contributed by atoms with Crippen molar-refractivity contribution in [2.45, 2.75) is 11.9 Å². The number of benzene rings is 3. The average molecular weight is 433 g/mol. The Hall–Kier alpha value is -3.45. The molecule has 156 valence electrons. The number of hydrogen-bond acceptors (Lipinski definition) is 5. The molecule has 2 heterocycles. The Balaban J connectivity index is 1.28. The van der Waals surface area contributed by atoms with E-state index in [0.29, 0.717) is 35.0 Å². The molecule has 1 saturated heterocycles. The lowest BCUT2D eigenvalue weighted by atomic mass is 10.1. The highest BCUT2D eigenvalue weighted by Crippen LogP contribution is 2.39. The standard InChI is InChI=1S/C24H20N2O4S/c27-22-14-31-24(26(22)13-16-4-2-1-3-5-16)18-8-6-17(7-9-18)23(28)25-19-10-11-20-21(12-19)30-15-29-20/h1-12,24H,13-15H2,(H,25,28)/t24-/m0/s1. The Bertz CT molecular complexity index is 1120. The summed E-state index contributed by atoms with van der Waals surface area (Å²) in [7, 11) is 0. The van der Waals surface area contributed by atoms with E-state index < -0.39 is 0 Å². The summed E-state index contributed by atoms with van der Waals surface area (Å²) in [4.78, 5) is 27.0. The van der Waals surface area contributed by atoms with E-state index in [4.69, 9.17) is 9.47 Å². The van der Waals surface area contributed by atoms with Crippen LogP contribution in [0.15, 0.2) is 72.8 Å². The van der Waals surface area contributed by atoms with Crippen molar-refractivity contribution in [3.63, 3.8) is 0 Å². The van der Waals surface area contributed by atoms with Crippen LogP contribution in [0.2, 0.25) is 0 Å². The zero-order valence-electron chi connectivity index (χ0n) is 16.6. The van der Waals surface area contributed by atoms with Gasteiger partial charge in [-0.3, -0.25) is 9.59 Å². The van der Waals surface area contributed by atoms with Gasteiger partial charge in [-0.25, -0.2) is 0 Å². The number of amides is 2. The van der Waals surface area contributed by atoms with Crippen LogP contribution in [0.5, 0.6) is 11.5 Å². The number of hydrogen-bond donors (Lipinski definition) is 1. The molecule has 31 heavy (non-hydrogen) atoms. The second kappa shape index (κ2) is 8.35. The van der Waals surface area contributed by atoms with E-state index in [9.17, 15) is 9.59 Å². The van der Waals surface area contributed by atoms with Gasteiger partial charge >= 0.3 is 0 Å². The maximum Gasteiger partial charge on any atom is 0.255 e. The molecule has 3 aromatic carbocycles. The highest BCUT2D eigenvalue weighted by atomic mass is 32.2. The van der Waals surface area contributed by atoms with Crippen LogP contribution in [0.4, 0.5) is 5.69 Å². The van der Waals surface area contributed by atoms with Gasteiger partial charge < -0.3 is 19.7 Å². The van der Waals surface area contributed by atoms with E-state index in [0.717, 1.165) is 11.1 Å². The molecule has 0 unspecified atom stereocenters. The van der Waals surface area contributed by atoms with Crippen molar-refractivity contribution in [3.05, 3.63) is 89.5 Å². The van der Waals surface area contributed by atoms with Crippen LogP contribution in [0.3, 0.4) is 0 Å². The van der Waals surface area contributed by atoms with Crippen molar-refractivity contribution < 1.29 is 19.1 Å². The molecule has 0 radical (unpaired) electrons. The monoisotopic (exact) mass is 432 g/mol. The third-order valence-electron chi connectivity index (χ3n) is 5.25. The first-order valence-corrected chi connectivity index (χ1v) is 11.0. The fourth-order valence-electron chi connectivity index (χ4n) is 3.66. The Morgan fingerprint density at radius 3 is 2.58 bits per heavy atom. The molecule has 0 spiro atoms. The summed E-state index contributed by atoms with van der Waals surface area (Å²) in [6, 6.07) is 22.7. The summed E-state index contributed by atoms with van der Waals surface area (Å²) in [5, 5.41) is 2.82. The van der Waals surface area contributed by atoms with Crippen LogP contribution < -0.4 is 14.8 Å². The van der Waals surface area contributed by atoms with Gasteiger partial charge in [-0.2, -0.15) is 0 Å². The van der Waals surface area contributed by atoms with E-state index in [1.54, 1.807) is 42.1 Å². The second-order valence-corrected chi connectivity index (χ2v) is 8.38. The molecule has 2 amide bonds. The zero-order valence-corrected chi connectivity index (χ0v) is 17.4. The number of carbonyl (C=O) groups is 2. The van der Waals surface area contributed by atoms with Crippen LogP contribution in [0.1, 0.15) is 26.9 Å². The number of carbonyl (C=O) groups excluding carboxylic acids is 2. The van der Waals surface area contributed by atoms with Crippen molar-refractivity contribution >= 4 is 29.3 Å². The number of anilines is 1. The Kier molecular flexibility index (Phi) is 5.26. The summed E-state index contributed by atoms with van der Waals surface area (Å²) in [6.07, 6.45) is 0. The molecule has 0 aliphatic carbocycles. The first kappa shape index (κ1) is 19.5. The largest absolute Gasteiger partial charge is 0.454 e. The van der Waals surface area contributed by atoms with E-state index in [1.165, 1.54) is 0 Å². The molecule has 0 aromatic heterocycles. The van der Waals surface area contributed by atoms with Gasteiger partial charge in [0, 0.05) is 23.9 Å². The maximum atomic E-state index is 12.7. The summed E-state index contributed by atoms with van der Waals surface area (Å²) >= 11 is 1.61. The lowest BCUT2D eigenvalue weighted by molar-refractivity contribution is -0.128. The van der Waals surface area contributed by atoms with Gasteiger partial charge in [0.15, 0.2) is 11.5 Å². The smallest absolute Gasteiger partial charge is 0.255 e. The van der Waals surface area contributed by atoms with Crippen molar-refractivity contribution in [1.82, 2.24) is 4.90 Å². The highest BCUT2D eigenvalue weighted by molar-refractivity contribution is 8.00. The Morgan fingerprint density at radius 1 is 1.00 bits per heavy atom. The third-order valence-corrected chi connectivity index (χ3v) is 6.51. The molecule has 3 aromatic rings. The molecule has 1 N–H and O–H groups in total. The summed E-state index contributed by atoms with van der Waals surface area (Å²) in [5.41, 5.74) is 3.30. The van der Waals surface area contributed by atoms with E-state index in [1.807, 2.05) is 47.4 Å². The van der Waals surface area contributed by atoms with Gasteiger partial charge in [-0.15, -0.1) is 11.8 Å². The third kappa shape index (κ3) is 4.09. The average Bonchev–Trinajstić information content (AvgIpc) is 3.41. The van der Waals surface area contributed by atoms with Gasteiger partial charge in [0.25, 0.3) is 5.91 Å². The molecule has 1 atom stereocenters. The minimum absolute atomic E-state index is 0.0568. The predicted molar refractivity (Wildman–Crippen MR) is 119 cm³/mol. The fraction of sp³-hybridized carbons (Fsp3) is 0.167. The Labute approximate surface area is 184 Å². The molecule has 1 fully saturated rings. The number of nitrogens with one attached hydrogen (secondary N) is 1. The SMILES string of the molecule is O=C(Nc1ccc2c(c1)OCO2)c1ccc([C@@H]2SCC(=O)N2Cc2ccccc2)cc1. The van der Waals surface area contributed by atoms with Gasteiger partial charge in [0.2, 0.25) is 12.7 Å². The molecule has 6 nitrogen and oxygen atoms in total. The second-order valence-electron chi connectivity index (χ2n) is 7.31. The van der Waals surface area contributed by atoms with Crippen molar-refractivity contribution in [1.29, 1.82) is 0 Å². The zero-order chi connectivity index (χ0) is 21.2. The molecule has 0 saturated carbocycles. The lowest BCUT2D eigenvalue weighted by Gasteiger charge is -2.24. The van der Waals surface area contributed by atoms with E-state index in [-0.39, 0.29) is 24.0 Å². The molecule has 5 rings (SSSR count). The summed E-state index contributed by atoms with van der Waals surface area (Å²) in [6.45, 7) is 0.765. The predicted octanol–water partition coefficient (Wildman–Crippen LogP) is 4.44.